The van der Waals surface area contributed by atoms with Gasteiger partial charge in [-0.1, -0.05) is 11.6 Å². The Morgan fingerprint density at radius 2 is 2.00 bits per heavy atom. The summed E-state index contributed by atoms with van der Waals surface area (Å²) in [6.45, 7) is 1.30. The van der Waals surface area contributed by atoms with E-state index in [2.05, 4.69) is 5.10 Å². The first kappa shape index (κ1) is 12.7. The number of benzene rings is 2. The summed E-state index contributed by atoms with van der Waals surface area (Å²) in [6, 6.07) is 12.1. The van der Waals surface area contributed by atoms with E-state index in [0.717, 1.165) is 23.5 Å². The summed E-state index contributed by atoms with van der Waals surface area (Å²) >= 11 is 5.91. The van der Waals surface area contributed by atoms with Crippen LogP contribution in [0.3, 0.4) is 0 Å². The summed E-state index contributed by atoms with van der Waals surface area (Å²) < 4.78 is 19.2. The minimum absolute atomic E-state index is 0.162. The highest BCUT2D eigenvalue weighted by Gasteiger charge is 2.34. The lowest BCUT2D eigenvalue weighted by atomic mass is 9.95. The molecule has 2 aliphatic rings. The number of rotatable bonds is 1. The van der Waals surface area contributed by atoms with Gasteiger partial charge in [-0.2, -0.15) is 5.10 Å². The molecule has 0 bridgehead atoms. The van der Waals surface area contributed by atoms with E-state index in [0.29, 0.717) is 17.4 Å². The van der Waals surface area contributed by atoms with Crippen LogP contribution in [0.2, 0.25) is 5.02 Å². The maximum Gasteiger partial charge on any atom is 0.128 e. The Kier molecular flexibility index (Phi) is 2.86. The van der Waals surface area contributed by atoms with Crippen molar-refractivity contribution in [1.29, 1.82) is 0 Å². The van der Waals surface area contributed by atoms with Crippen molar-refractivity contribution in [1.82, 2.24) is 0 Å². The van der Waals surface area contributed by atoms with Crippen LogP contribution < -0.4 is 9.75 Å². The summed E-state index contributed by atoms with van der Waals surface area (Å²) in [5.41, 5.74) is 2.62. The fraction of sp³-hybridized carbons (Fsp3) is 0.188. The second-order valence-corrected chi connectivity index (χ2v) is 5.63. The Bertz CT molecular complexity index is 730. The lowest BCUT2D eigenvalue weighted by molar-refractivity contribution is 0.280. The molecule has 21 heavy (non-hydrogen) atoms. The van der Waals surface area contributed by atoms with Gasteiger partial charge in [-0.15, -0.1) is 0 Å². The third-order valence-corrected chi connectivity index (χ3v) is 4.04. The van der Waals surface area contributed by atoms with Crippen LogP contribution in [0.4, 0.5) is 10.1 Å². The van der Waals surface area contributed by atoms with E-state index in [-0.39, 0.29) is 11.7 Å². The van der Waals surface area contributed by atoms with Gasteiger partial charge in [0.1, 0.15) is 11.6 Å². The van der Waals surface area contributed by atoms with Crippen LogP contribution >= 0.6 is 11.6 Å². The monoisotopic (exact) mass is 302 g/mol. The predicted molar refractivity (Wildman–Crippen MR) is 80.7 cm³/mol. The highest BCUT2D eigenvalue weighted by molar-refractivity contribution is 6.30. The van der Waals surface area contributed by atoms with E-state index >= 15 is 0 Å². The van der Waals surface area contributed by atoms with E-state index in [4.69, 9.17) is 16.3 Å². The molecule has 0 aliphatic carbocycles. The van der Waals surface area contributed by atoms with Crippen molar-refractivity contribution >= 4 is 23.0 Å². The first-order valence-electron chi connectivity index (χ1n) is 6.75. The lowest BCUT2D eigenvalue weighted by Gasteiger charge is -2.22. The number of anilines is 1. The number of hydrazone groups is 1. The Balaban J connectivity index is 1.73. The summed E-state index contributed by atoms with van der Waals surface area (Å²) in [5, 5.41) is 7.26. The number of hydrogen-bond donors (Lipinski definition) is 0. The summed E-state index contributed by atoms with van der Waals surface area (Å²) in [7, 11) is 0. The van der Waals surface area contributed by atoms with E-state index < -0.39 is 0 Å². The third-order valence-electron chi connectivity index (χ3n) is 3.79. The Labute approximate surface area is 126 Å². The number of fused-ring (bicyclic) bond motifs is 3. The maximum atomic E-state index is 13.5. The predicted octanol–water partition coefficient (Wildman–Crippen LogP) is 3.71. The van der Waals surface area contributed by atoms with Gasteiger partial charge in [-0.25, -0.2) is 4.39 Å². The molecule has 0 saturated heterocycles. The molecule has 0 amide bonds. The van der Waals surface area contributed by atoms with Gasteiger partial charge in [0.25, 0.3) is 0 Å². The van der Waals surface area contributed by atoms with Crippen molar-refractivity contribution in [3.8, 4) is 5.75 Å². The van der Waals surface area contributed by atoms with Crippen LogP contribution in [0.15, 0.2) is 47.6 Å². The largest absolute Gasteiger partial charge is 0.492 e. The fourth-order valence-corrected chi connectivity index (χ4v) is 2.87. The third kappa shape index (κ3) is 2.16. The van der Waals surface area contributed by atoms with Crippen molar-refractivity contribution in [2.45, 2.75) is 0 Å². The molecule has 1 atom stereocenters. The summed E-state index contributed by atoms with van der Waals surface area (Å²) in [6.07, 6.45) is 0. The molecule has 0 radical (unpaired) electrons. The van der Waals surface area contributed by atoms with Gasteiger partial charge in [0.15, 0.2) is 0 Å². The zero-order valence-corrected chi connectivity index (χ0v) is 11.8. The quantitative estimate of drug-likeness (QED) is 0.802. The zero-order chi connectivity index (χ0) is 14.4. The van der Waals surface area contributed by atoms with Gasteiger partial charge in [-0.3, -0.25) is 5.01 Å². The topological polar surface area (TPSA) is 24.8 Å². The average Bonchev–Trinajstić information content (AvgIpc) is 2.92. The van der Waals surface area contributed by atoms with Crippen molar-refractivity contribution in [3.05, 3.63) is 58.9 Å². The second-order valence-electron chi connectivity index (χ2n) is 5.19. The smallest absolute Gasteiger partial charge is 0.128 e. The van der Waals surface area contributed by atoms with Gasteiger partial charge in [0, 0.05) is 10.6 Å². The molecule has 0 aromatic heterocycles. The molecule has 5 heteroatoms. The van der Waals surface area contributed by atoms with Gasteiger partial charge < -0.3 is 4.74 Å². The normalized spacial score (nSPS) is 19.6. The van der Waals surface area contributed by atoms with Gasteiger partial charge >= 0.3 is 0 Å². The highest BCUT2D eigenvalue weighted by Crippen LogP contribution is 2.34. The highest BCUT2D eigenvalue weighted by atomic mass is 35.5. The maximum absolute atomic E-state index is 13.5. The molecule has 106 valence electrons. The molecule has 0 N–H and O–H groups in total. The molecule has 2 aliphatic heterocycles. The van der Waals surface area contributed by atoms with Gasteiger partial charge in [0.2, 0.25) is 0 Å². The average molecular weight is 303 g/mol. The van der Waals surface area contributed by atoms with E-state index in [1.165, 1.54) is 12.1 Å². The molecule has 3 nitrogen and oxygen atoms in total. The van der Waals surface area contributed by atoms with Crippen molar-refractivity contribution in [2.24, 2.45) is 11.0 Å². The number of hydrogen-bond acceptors (Lipinski definition) is 3. The molecule has 0 spiro atoms. The SMILES string of the molecule is Fc1ccc2c(c1)C1=NN(c3ccc(Cl)cc3)CC1CO2. The standard InChI is InChI=1S/C16H12ClFN2O/c17-11-1-4-13(5-2-11)20-8-10-9-21-15-6-3-12(18)7-14(15)16(10)19-20/h1-7,10H,8-9H2. The van der Waals surface area contributed by atoms with Crippen LogP contribution in [0.25, 0.3) is 0 Å². The van der Waals surface area contributed by atoms with Crippen LogP contribution in [0.1, 0.15) is 5.56 Å². The lowest BCUT2D eigenvalue weighted by Crippen LogP contribution is -2.29. The first-order chi connectivity index (χ1) is 10.2. The van der Waals surface area contributed by atoms with Crippen molar-refractivity contribution in [3.63, 3.8) is 0 Å². The fourth-order valence-electron chi connectivity index (χ4n) is 2.75. The summed E-state index contributed by atoms with van der Waals surface area (Å²) in [5.74, 6) is 0.588. The second kappa shape index (κ2) is 4.74. The summed E-state index contributed by atoms with van der Waals surface area (Å²) in [4.78, 5) is 0. The minimum Gasteiger partial charge on any atom is -0.492 e. The van der Waals surface area contributed by atoms with Gasteiger partial charge in [0.05, 0.1) is 30.5 Å². The zero-order valence-electron chi connectivity index (χ0n) is 11.1. The molecule has 2 aromatic rings. The Morgan fingerprint density at radius 3 is 2.81 bits per heavy atom. The Hall–Kier alpha value is -2.07. The molecule has 0 saturated carbocycles. The molecule has 0 fully saturated rings. The van der Waals surface area contributed by atoms with E-state index in [1.54, 1.807) is 6.07 Å². The van der Waals surface area contributed by atoms with E-state index in [9.17, 15) is 4.39 Å². The molecule has 4 rings (SSSR count). The number of nitrogens with zero attached hydrogens (tertiary/aromatic N) is 2. The first-order valence-corrected chi connectivity index (χ1v) is 7.13. The van der Waals surface area contributed by atoms with Crippen LogP contribution in [-0.2, 0) is 0 Å². The van der Waals surface area contributed by atoms with Crippen LogP contribution in [0.5, 0.6) is 5.75 Å². The van der Waals surface area contributed by atoms with Crippen LogP contribution in [-0.4, -0.2) is 18.9 Å². The molecular formula is C16H12ClFN2O. The number of ether oxygens (including phenoxy) is 1. The van der Waals surface area contributed by atoms with E-state index in [1.807, 2.05) is 29.3 Å². The molecule has 2 heterocycles. The molecular weight excluding hydrogens is 291 g/mol. The Morgan fingerprint density at radius 1 is 1.19 bits per heavy atom. The minimum atomic E-state index is -0.273. The van der Waals surface area contributed by atoms with Crippen LogP contribution in [0, 0.1) is 11.7 Å². The van der Waals surface area contributed by atoms with Crippen molar-refractivity contribution < 1.29 is 9.13 Å². The molecule has 1 unspecified atom stereocenters. The van der Waals surface area contributed by atoms with Gasteiger partial charge in [-0.05, 0) is 42.5 Å². The van der Waals surface area contributed by atoms with Crippen molar-refractivity contribution in [2.75, 3.05) is 18.2 Å². The molecule has 2 aromatic carbocycles. The number of halogens is 2.